The molecule has 1 fully saturated rings. The van der Waals surface area contributed by atoms with Crippen LogP contribution in [0.3, 0.4) is 0 Å². The number of hydrogen-bond acceptors (Lipinski definition) is 7. The Bertz CT molecular complexity index is 1520. The fraction of sp³-hybridized carbons (Fsp3) is 0.500. The third-order valence-corrected chi connectivity index (χ3v) is 8.08. The summed E-state index contributed by atoms with van der Waals surface area (Å²) in [4.78, 5) is 34.3. The maximum Gasteiger partial charge on any atom is 0.410 e. The number of carbonyl (C=O) groups is 2. The molecular weight excluding hydrogens is 598 g/mol. The number of benzene rings is 2. The second-order valence-corrected chi connectivity index (χ2v) is 13.3. The van der Waals surface area contributed by atoms with Gasteiger partial charge in [0.2, 0.25) is 0 Å². The predicted molar refractivity (Wildman–Crippen MR) is 168 cm³/mol. The molecule has 2 heterocycles. The average Bonchev–Trinajstić information content (AvgIpc) is 3.56. The zero-order valence-electron chi connectivity index (χ0n) is 27.4. The van der Waals surface area contributed by atoms with Crippen LogP contribution in [0.1, 0.15) is 59.0 Å². The number of ether oxygens (including phenoxy) is 2. The van der Waals surface area contributed by atoms with Gasteiger partial charge in [0.15, 0.2) is 0 Å². The molecule has 1 saturated heterocycles. The Hall–Kier alpha value is -3.87. The average molecular weight is 643 g/mol. The Balaban J connectivity index is 1.83. The normalized spacial score (nSPS) is 18.4. The fourth-order valence-corrected chi connectivity index (χ4v) is 5.64. The van der Waals surface area contributed by atoms with E-state index in [1.54, 1.807) is 45.4 Å². The lowest BCUT2D eigenvalue weighted by Gasteiger charge is -2.42. The molecule has 3 aromatic rings. The van der Waals surface area contributed by atoms with Crippen molar-refractivity contribution in [2.24, 2.45) is 5.92 Å². The molecule has 1 aromatic heterocycles. The van der Waals surface area contributed by atoms with E-state index in [4.69, 9.17) is 14.5 Å². The molecule has 0 spiro atoms. The van der Waals surface area contributed by atoms with Gasteiger partial charge in [-0.05, 0) is 65.3 Å². The van der Waals surface area contributed by atoms with E-state index in [2.05, 4.69) is 0 Å². The standard InChI is InChI=1S/C34H44F2N4O6/c1-21(41)31(43)40(18-23-17-39(20-28(23)42)32(44)46-33(2,3)4)29(34(5,6)45-7)30-37-27(25-15-24(35)13-14-26(25)36)19-38(30)16-22-11-9-8-10-12-22/h8-15,19,21,23,28-29,41-42H,16-18,20H2,1-7H3/t21-,23-,28+,29-/m0/s1. The third-order valence-electron chi connectivity index (χ3n) is 8.08. The van der Waals surface area contributed by atoms with Crippen LogP contribution in [0.25, 0.3) is 11.3 Å². The van der Waals surface area contributed by atoms with Gasteiger partial charge in [0.05, 0.1) is 23.9 Å². The van der Waals surface area contributed by atoms with E-state index in [9.17, 15) is 24.2 Å². The molecule has 2 amide bonds. The summed E-state index contributed by atoms with van der Waals surface area (Å²) in [6.07, 6.45) is -1.42. The van der Waals surface area contributed by atoms with Gasteiger partial charge >= 0.3 is 6.09 Å². The van der Waals surface area contributed by atoms with Crippen molar-refractivity contribution in [1.82, 2.24) is 19.4 Å². The lowest BCUT2D eigenvalue weighted by atomic mass is 9.93. The van der Waals surface area contributed by atoms with E-state index < -0.39 is 59.0 Å². The molecule has 4 rings (SSSR count). The summed E-state index contributed by atoms with van der Waals surface area (Å²) in [6.45, 7) is 10.4. The van der Waals surface area contributed by atoms with Crippen molar-refractivity contribution in [3.05, 3.63) is 77.8 Å². The first-order valence-corrected chi connectivity index (χ1v) is 15.3. The highest BCUT2D eigenvalue weighted by molar-refractivity contribution is 5.81. The van der Waals surface area contributed by atoms with E-state index in [0.717, 1.165) is 23.8 Å². The van der Waals surface area contributed by atoms with Crippen LogP contribution in [0, 0.1) is 17.6 Å². The molecule has 10 nitrogen and oxygen atoms in total. The molecule has 0 unspecified atom stereocenters. The third kappa shape index (κ3) is 8.09. The summed E-state index contributed by atoms with van der Waals surface area (Å²) in [5, 5.41) is 21.7. The number of likely N-dealkylation sites (tertiary alicyclic amines) is 1. The molecule has 0 radical (unpaired) electrons. The maximum absolute atomic E-state index is 15.0. The van der Waals surface area contributed by atoms with Crippen molar-refractivity contribution < 1.29 is 38.1 Å². The quantitative estimate of drug-likeness (QED) is 0.327. The summed E-state index contributed by atoms with van der Waals surface area (Å²) in [5.74, 6) is -2.29. The Morgan fingerprint density at radius 3 is 2.37 bits per heavy atom. The summed E-state index contributed by atoms with van der Waals surface area (Å²) in [6, 6.07) is 11.5. The number of halogens is 2. The molecule has 2 N–H and O–H groups in total. The van der Waals surface area contributed by atoms with Crippen molar-refractivity contribution in [2.75, 3.05) is 26.7 Å². The van der Waals surface area contributed by atoms with Crippen LogP contribution >= 0.6 is 0 Å². The number of aromatic nitrogens is 2. The van der Waals surface area contributed by atoms with Gasteiger partial charge in [0.25, 0.3) is 5.91 Å². The fourth-order valence-electron chi connectivity index (χ4n) is 5.64. The van der Waals surface area contributed by atoms with Gasteiger partial charge in [0, 0.05) is 44.4 Å². The molecule has 1 aliphatic rings. The minimum absolute atomic E-state index is 0.000255. The van der Waals surface area contributed by atoms with E-state index in [-0.39, 0.29) is 37.4 Å². The molecule has 0 bridgehead atoms. The smallest absolute Gasteiger partial charge is 0.410 e. The number of rotatable bonds is 10. The number of β-amino-alcohol motifs (C(OH)–C–C–N with tert-alkyl or cyclic N) is 1. The largest absolute Gasteiger partial charge is 0.444 e. The molecule has 2 aromatic carbocycles. The monoisotopic (exact) mass is 642 g/mol. The molecule has 0 aliphatic carbocycles. The molecule has 12 heteroatoms. The van der Waals surface area contributed by atoms with E-state index in [1.165, 1.54) is 23.8 Å². The first kappa shape index (κ1) is 35.0. The minimum Gasteiger partial charge on any atom is -0.444 e. The van der Waals surface area contributed by atoms with Crippen LogP contribution in [0.15, 0.2) is 54.7 Å². The Morgan fingerprint density at radius 1 is 1.09 bits per heavy atom. The maximum atomic E-state index is 15.0. The molecule has 1 aliphatic heterocycles. The number of hydrogen-bond donors (Lipinski definition) is 2. The van der Waals surface area contributed by atoms with Crippen LogP contribution in [0.5, 0.6) is 0 Å². The van der Waals surface area contributed by atoms with Crippen molar-refractivity contribution in [2.45, 2.75) is 77.5 Å². The zero-order valence-corrected chi connectivity index (χ0v) is 27.4. The van der Waals surface area contributed by atoms with Gasteiger partial charge in [0.1, 0.15) is 35.2 Å². The first-order valence-electron chi connectivity index (χ1n) is 15.3. The molecule has 46 heavy (non-hydrogen) atoms. The summed E-state index contributed by atoms with van der Waals surface area (Å²) < 4.78 is 42.5. The second kappa shape index (κ2) is 13.9. The summed E-state index contributed by atoms with van der Waals surface area (Å²) in [5.41, 5.74) is -0.919. The first-order chi connectivity index (χ1) is 21.5. The number of nitrogens with zero attached hydrogens (tertiary/aromatic N) is 4. The van der Waals surface area contributed by atoms with Gasteiger partial charge in [-0.3, -0.25) is 4.79 Å². The topological polar surface area (TPSA) is 117 Å². The minimum atomic E-state index is -1.44. The summed E-state index contributed by atoms with van der Waals surface area (Å²) >= 11 is 0. The second-order valence-electron chi connectivity index (χ2n) is 13.3. The van der Waals surface area contributed by atoms with Crippen LogP contribution in [-0.2, 0) is 20.8 Å². The van der Waals surface area contributed by atoms with Gasteiger partial charge in [-0.25, -0.2) is 18.6 Å². The highest BCUT2D eigenvalue weighted by Gasteiger charge is 2.46. The van der Waals surface area contributed by atoms with Crippen molar-refractivity contribution in [1.29, 1.82) is 0 Å². The van der Waals surface area contributed by atoms with Crippen LogP contribution < -0.4 is 0 Å². The number of carbonyl (C=O) groups excluding carboxylic acids is 2. The van der Waals surface area contributed by atoms with Gasteiger partial charge < -0.3 is 34.1 Å². The van der Waals surface area contributed by atoms with Gasteiger partial charge in [-0.15, -0.1) is 0 Å². The van der Waals surface area contributed by atoms with Crippen LogP contribution in [-0.4, -0.2) is 91.7 Å². The van der Waals surface area contributed by atoms with Crippen LogP contribution in [0.4, 0.5) is 13.6 Å². The Kier molecular flexibility index (Phi) is 10.5. The van der Waals surface area contributed by atoms with E-state index in [1.807, 2.05) is 30.3 Å². The molecule has 250 valence electrons. The van der Waals surface area contributed by atoms with Crippen molar-refractivity contribution in [3.63, 3.8) is 0 Å². The number of methoxy groups -OCH3 is 1. The van der Waals surface area contributed by atoms with Gasteiger partial charge in [-0.2, -0.15) is 0 Å². The number of aliphatic hydroxyl groups is 2. The number of imidazole rings is 1. The molecule has 4 atom stereocenters. The number of aliphatic hydroxyl groups excluding tert-OH is 2. The molecular formula is C34H44F2N4O6. The van der Waals surface area contributed by atoms with E-state index in [0.29, 0.717) is 5.82 Å². The lowest BCUT2D eigenvalue weighted by Crippen LogP contribution is -2.52. The Labute approximate surface area is 268 Å². The summed E-state index contributed by atoms with van der Waals surface area (Å²) in [7, 11) is 1.48. The predicted octanol–water partition coefficient (Wildman–Crippen LogP) is 4.78. The van der Waals surface area contributed by atoms with E-state index >= 15 is 4.39 Å². The highest BCUT2D eigenvalue weighted by atomic mass is 19.1. The van der Waals surface area contributed by atoms with Gasteiger partial charge in [-0.1, -0.05) is 30.3 Å². The van der Waals surface area contributed by atoms with Crippen molar-refractivity contribution in [3.8, 4) is 11.3 Å². The number of amides is 2. The van der Waals surface area contributed by atoms with Crippen LogP contribution in [0.2, 0.25) is 0 Å². The Morgan fingerprint density at radius 2 is 1.76 bits per heavy atom. The van der Waals surface area contributed by atoms with Crippen molar-refractivity contribution >= 4 is 12.0 Å². The zero-order chi connectivity index (χ0) is 34.0. The molecule has 0 saturated carbocycles. The SMILES string of the molecule is COC(C)(C)[C@H](c1nc(-c2cc(F)ccc2F)cn1Cc1ccccc1)N(C[C@@H]1CN(C(=O)OC(C)(C)C)C[C@H]1O)C(=O)[C@H](C)O. The highest BCUT2D eigenvalue weighted by Crippen LogP contribution is 2.38. The lowest BCUT2D eigenvalue weighted by molar-refractivity contribution is -0.152.